The van der Waals surface area contributed by atoms with Crippen LogP contribution in [0.2, 0.25) is 0 Å². The van der Waals surface area contributed by atoms with E-state index in [1.54, 1.807) is 24.4 Å². The Morgan fingerprint density at radius 2 is 2.03 bits per heavy atom. The first-order valence-corrected chi connectivity index (χ1v) is 10.0. The topological polar surface area (TPSA) is 88.0 Å². The van der Waals surface area contributed by atoms with Gasteiger partial charge in [-0.25, -0.2) is 9.83 Å². The van der Waals surface area contributed by atoms with Gasteiger partial charge in [0.15, 0.2) is 23.6 Å². The zero-order chi connectivity index (χ0) is 21.8. The molecular weight excluding hydrogens is 394 g/mol. The molecule has 0 aliphatic carbocycles. The van der Waals surface area contributed by atoms with E-state index in [2.05, 4.69) is 9.83 Å². The van der Waals surface area contributed by atoms with Crippen LogP contribution in [0.4, 0.5) is 5.69 Å². The third kappa shape index (κ3) is 4.55. The van der Waals surface area contributed by atoms with Crippen LogP contribution < -0.4 is 0 Å². The minimum absolute atomic E-state index is 0.0782. The lowest BCUT2D eigenvalue weighted by Gasteiger charge is -2.23. The number of nitrogens with zero attached hydrogens (tertiary/aromatic N) is 3. The number of aryl methyl sites for hydroxylation is 1. The highest BCUT2D eigenvalue weighted by molar-refractivity contribution is 5.99. The Balaban J connectivity index is 1.42. The number of hydrogen-bond acceptors (Lipinski definition) is 5. The average Bonchev–Trinajstić information content (AvgIpc) is 3.47. The molecule has 31 heavy (non-hydrogen) atoms. The lowest BCUT2D eigenvalue weighted by Crippen LogP contribution is -2.40. The Hall–Kier alpha value is -3.76. The maximum atomic E-state index is 12.9. The van der Waals surface area contributed by atoms with Crippen LogP contribution >= 0.6 is 0 Å². The van der Waals surface area contributed by atoms with Crippen LogP contribution in [0.15, 0.2) is 65.5 Å². The quantitative estimate of drug-likeness (QED) is 0.621. The monoisotopic (exact) mass is 415 g/mol. The molecule has 0 radical (unpaired) electrons. The van der Waals surface area contributed by atoms with Crippen molar-refractivity contribution in [1.82, 2.24) is 9.88 Å². The van der Waals surface area contributed by atoms with Crippen LogP contribution in [0.1, 0.15) is 28.8 Å². The van der Waals surface area contributed by atoms with E-state index in [-0.39, 0.29) is 31.1 Å². The van der Waals surface area contributed by atoms with Crippen LogP contribution in [0.25, 0.3) is 16.2 Å². The molecule has 1 saturated heterocycles. The summed E-state index contributed by atoms with van der Waals surface area (Å²) in [5, 5.41) is 10.1. The number of amides is 1. The summed E-state index contributed by atoms with van der Waals surface area (Å²) in [6.07, 6.45) is 3.33. The van der Waals surface area contributed by atoms with E-state index in [0.717, 1.165) is 11.1 Å². The molecule has 0 bridgehead atoms. The van der Waals surface area contributed by atoms with E-state index in [1.165, 1.54) is 17.4 Å². The second-order valence-electron chi connectivity index (χ2n) is 7.55. The zero-order valence-corrected chi connectivity index (χ0v) is 16.8. The molecule has 156 valence electrons. The number of aliphatic hydroxyl groups excluding tert-OH is 1. The Bertz CT molecular complexity index is 1120. The third-order valence-corrected chi connectivity index (χ3v) is 5.46. The minimum atomic E-state index is -0.733. The minimum Gasteiger partial charge on any atom is -0.444 e. The predicted molar refractivity (Wildman–Crippen MR) is 113 cm³/mol. The number of benzene rings is 2. The molecular formula is C24H21N3O4. The number of ketones is 1. The Labute approximate surface area is 179 Å². The summed E-state index contributed by atoms with van der Waals surface area (Å²) in [6, 6.07) is 13.5. The van der Waals surface area contributed by atoms with Crippen LogP contribution in [0, 0.1) is 6.57 Å². The van der Waals surface area contributed by atoms with Gasteiger partial charge in [0.2, 0.25) is 0 Å². The van der Waals surface area contributed by atoms with Crippen molar-refractivity contribution in [2.75, 3.05) is 6.54 Å². The summed E-state index contributed by atoms with van der Waals surface area (Å²) in [5.74, 6) is 0.265. The zero-order valence-electron chi connectivity index (χ0n) is 16.8. The van der Waals surface area contributed by atoms with Gasteiger partial charge in [-0.05, 0) is 18.1 Å². The van der Waals surface area contributed by atoms with Gasteiger partial charge < -0.3 is 14.4 Å². The van der Waals surface area contributed by atoms with Crippen molar-refractivity contribution in [2.45, 2.75) is 31.4 Å². The lowest BCUT2D eigenvalue weighted by molar-refractivity contribution is -0.122. The molecule has 1 amide bonds. The molecule has 3 aromatic rings. The maximum absolute atomic E-state index is 12.9. The first-order valence-electron chi connectivity index (χ1n) is 10.0. The van der Waals surface area contributed by atoms with Crippen LogP contribution in [-0.4, -0.2) is 45.4 Å². The van der Waals surface area contributed by atoms with Crippen molar-refractivity contribution in [3.63, 3.8) is 0 Å². The molecule has 1 aliphatic rings. The van der Waals surface area contributed by atoms with Crippen molar-refractivity contribution in [3.05, 3.63) is 83.7 Å². The highest BCUT2D eigenvalue weighted by Gasteiger charge is 2.38. The highest BCUT2D eigenvalue weighted by atomic mass is 16.3. The number of rotatable bonds is 6. The fourth-order valence-corrected chi connectivity index (χ4v) is 3.85. The van der Waals surface area contributed by atoms with Gasteiger partial charge in [0.25, 0.3) is 5.91 Å². The number of β-amino-alcohol motifs (C(OH)–C–C–N with tert-alkyl or cyclic N) is 1. The molecule has 2 heterocycles. The van der Waals surface area contributed by atoms with Gasteiger partial charge >= 0.3 is 0 Å². The number of carbonyl (C=O) groups excluding carboxylic acids is 2. The molecule has 7 nitrogen and oxygen atoms in total. The summed E-state index contributed by atoms with van der Waals surface area (Å²) in [4.78, 5) is 34.5. The molecule has 2 atom stereocenters. The molecule has 0 spiro atoms. The van der Waals surface area contributed by atoms with Gasteiger partial charge in [-0.3, -0.25) is 9.59 Å². The molecule has 4 rings (SSSR count). The average molecular weight is 415 g/mol. The highest BCUT2D eigenvalue weighted by Crippen LogP contribution is 2.25. The van der Waals surface area contributed by atoms with Gasteiger partial charge in [0.05, 0.1) is 24.9 Å². The van der Waals surface area contributed by atoms with Crippen molar-refractivity contribution in [3.8, 4) is 11.3 Å². The summed E-state index contributed by atoms with van der Waals surface area (Å²) in [7, 11) is 0. The van der Waals surface area contributed by atoms with E-state index < -0.39 is 12.1 Å². The number of carbonyl (C=O) groups is 2. The second-order valence-corrected chi connectivity index (χ2v) is 7.55. The predicted octanol–water partition coefficient (Wildman–Crippen LogP) is 3.67. The van der Waals surface area contributed by atoms with Gasteiger partial charge in [-0.1, -0.05) is 42.5 Å². The fraction of sp³-hybridized carbons (Fsp3) is 0.250. The second kappa shape index (κ2) is 8.94. The van der Waals surface area contributed by atoms with E-state index in [0.29, 0.717) is 23.4 Å². The lowest BCUT2D eigenvalue weighted by atomic mass is 10.00. The number of hydrogen-bond donors (Lipinski definition) is 1. The van der Waals surface area contributed by atoms with Gasteiger partial charge in [0, 0.05) is 30.5 Å². The molecule has 1 aliphatic heterocycles. The number of aromatic nitrogens is 1. The van der Waals surface area contributed by atoms with Crippen molar-refractivity contribution < 1.29 is 19.1 Å². The molecule has 1 N–H and O–H groups in total. The van der Waals surface area contributed by atoms with Gasteiger partial charge in [-0.15, -0.1) is 0 Å². The number of aliphatic hydroxyl groups is 1. The number of oxazole rings is 1. The van der Waals surface area contributed by atoms with E-state index in [4.69, 9.17) is 11.0 Å². The third-order valence-electron chi connectivity index (χ3n) is 5.46. The van der Waals surface area contributed by atoms with Gasteiger partial charge in [0.1, 0.15) is 0 Å². The Morgan fingerprint density at radius 1 is 1.23 bits per heavy atom. The standard InChI is InChI=1S/C24H21N3O4/c1-25-19-4-2-3-18(11-19)24(30)27-14-20(28)12-21(27)22(29)10-7-16-5-8-17(9-6-16)23-13-26-15-31-23/h2-6,8-9,11,13,15,20-21,28H,7,10,12,14H2/t20-,21+/m1/s1. The smallest absolute Gasteiger partial charge is 0.253 e. The SMILES string of the molecule is [C-]#[N+]c1cccc(C(=O)N2C[C@H](O)C[C@H]2C(=O)CCc2ccc(-c3cnco3)cc2)c1. The molecule has 0 saturated carbocycles. The molecule has 1 fully saturated rings. The van der Waals surface area contributed by atoms with E-state index >= 15 is 0 Å². The van der Waals surface area contributed by atoms with E-state index in [1.807, 2.05) is 24.3 Å². The van der Waals surface area contributed by atoms with Crippen molar-refractivity contribution in [1.29, 1.82) is 0 Å². The normalized spacial score (nSPS) is 18.0. The van der Waals surface area contributed by atoms with Crippen LogP contribution in [0.5, 0.6) is 0 Å². The Kier molecular flexibility index (Phi) is 5.92. The van der Waals surface area contributed by atoms with Crippen molar-refractivity contribution >= 4 is 17.4 Å². The first kappa shape index (κ1) is 20.5. The summed E-state index contributed by atoms with van der Waals surface area (Å²) >= 11 is 0. The van der Waals surface area contributed by atoms with E-state index in [9.17, 15) is 14.7 Å². The largest absolute Gasteiger partial charge is 0.444 e. The molecule has 2 aromatic carbocycles. The summed E-state index contributed by atoms with van der Waals surface area (Å²) in [6.45, 7) is 7.23. The summed E-state index contributed by atoms with van der Waals surface area (Å²) < 4.78 is 5.28. The first-order chi connectivity index (χ1) is 15.0. The van der Waals surface area contributed by atoms with Crippen LogP contribution in [0.3, 0.4) is 0 Å². The summed E-state index contributed by atoms with van der Waals surface area (Å²) in [5.41, 5.74) is 2.62. The fourth-order valence-electron chi connectivity index (χ4n) is 3.85. The number of likely N-dealkylation sites (tertiary alicyclic amines) is 1. The van der Waals surface area contributed by atoms with Crippen LogP contribution in [-0.2, 0) is 11.2 Å². The molecule has 1 aromatic heterocycles. The number of Topliss-reactive ketones (excluding diaryl/α,β-unsaturated/α-hetero) is 1. The van der Waals surface area contributed by atoms with Gasteiger partial charge in [-0.2, -0.15) is 0 Å². The molecule has 7 heteroatoms. The molecule has 0 unspecified atom stereocenters. The van der Waals surface area contributed by atoms with Crippen molar-refractivity contribution in [2.24, 2.45) is 0 Å². The Morgan fingerprint density at radius 3 is 2.74 bits per heavy atom. The maximum Gasteiger partial charge on any atom is 0.253 e.